The number of nitrogens with one attached hydrogen (secondary N) is 2. The van der Waals surface area contributed by atoms with Gasteiger partial charge in [0.05, 0.1) is 22.4 Å². The number of alkyl halides is 3. The highest BCUT2D eigenvalue weighted by Crippen LogP contribution is 2.41. The Hall–Kier alpha value is -4.20. The molecule has 3 aromatic rings. The number of anilines is 2. The minimum atomic E-state index is -5.05. The molecule has 2 aromatic heterocycles. The molecule has 4 heterocycles. The lowest BCUT2D eigenvalue weighted by atomic mass is 10.0. The van der Waals surface area contributed by atoms with Crippen LogP contribution in [0.15, 0.2) is 35.4 Å². The van der Waals surface area contributed by atoms with E-state index in [9.17, 15) is 22.8 Å². The Balaban J connectivity index is 1.65. The number of hydrogen-bond donors (Lipinski definition) is 2. The van der Waals surface area contributed by atoms with Crippen LogP contribution in [0.5, 0.6) is 11.6 Å². The van der Waals surface area contributed by atoms with Crippen LogP contribution < -0.4 is 25.2 Å². The van der Waals surface area contributed by atoms with Crippen molar-refractivity contribution in [3.05, 3.63) is 63.7 Å². The Bertz CT molecular complexity index is 1550. The highest BCUT2D eigenvalue weighted by molar-refractivity contribution is 6.07. The van der Waals surface area contributed by atoms with Gasteiger partial charge >= 0.3 is 6.18 Å². The maximum atomic E-state index is 16.3. The summed E-state index contributed by atoms with van der Waals surface area (Å²) in [5.74, 6) is -3.24. The molecular weight excluding hydrogens is 553 g/mol. The smallest absolute Gasteiger partial charge is 0.417 e. The predicted octanol–water partition coefficient (Wildman–Crippen LogP) is 4.29. The summed E-state index contributed by atoms with van der Waals surface area (Å²) in [4.78, 5) is 34.7. The van der Waals surface area contributed by atoms with E-state index in [1.54, 1.807) is 4.90 Å². The van der Waals surface area contributed by atoms with E-state index in [2.05, 4.69) is 15.2 Å². The first-order chi connectivity index (χ1) is 19.3. The van der Waals surface area contributed by atoms with E-state index in [1.807, 2.05) is 25.9 Å². The molecule has 218 valence electrons. The van der Waals surface area contributed by atoms with Gasteiger partial charge in [0, 0.05) is 55.3 Å². The first-order valence-electron chi connectivity index (χ1n) is 12.7. The van der Waals surface area contributed by atoms with Crippen LogP contribution in [0.4, 0.5) is 33.3 Å². The predicted molar refractivity (Wildman–Crippen MR) is 139 cm³/mol. The van der Waals surface area contributed by atoms with Gasteiger partial charge in [-0.15, -0.1) is 0 Å². The molecule has 0 saturated carbocycles. The first kappa shape index (κ1) is 28.3. The van der Waals surface area contributed by atoms with Crippen molar-refractivity contribution >= 4 is 17.3 Å². The van der Waals surface area contributed by atoms with Crippen molar-refractivity contribution < 1.29 is 36.2 Å². The first-order valence-corrected chi connectivity index (χ1v) is 12.7. The van der Waals surface area contributed by atoms with Gasteiger partial charge < -0.3 is 24.7 Å². The Morgan fingerprint density at radius 2 is 1.78 bits per heavy atom. The summed E-state index contributed by atoms with van der Waals surface area (Å²) in [5, 5.41) is 2.23. The highest BCUT2D eigenvalue weighted by Gasteiger charge is 2.37. The van der Waals surface area contributed by atoms with Crippen LogP contribution in [0.3, 0.4) is 0 Å². The largest absolute Gasteiger partial charge is 0.484 e. The zero-order valence-corrected chi connectivity index (χ0v) is 22.2. The zero-order valence-electron chi connectivity index (χ0n) is 22.2. The Morgan fingerprint density at radius 3 is 2.46 bits per heavy atom. The maximum Gasteiger partial charge on any atom is 0.417 e. The molecule has 2 atom stereocenters. The number of ether oxygens (including phenoxy) is 2. The molecule has 0 radical (unpaired) electrons. The number of benzene rings is 1. The number of aromatic amines is 1. The van der Waals surface area contributed by atoms with Crippen LogP contribution in [0.25, 0.3) is 11.1 Å². The molecule has 5 rings (SSSR count). The number of likely N-dealkylation sites (N-methyl/N-ethyl adjacent to an activating group) is 1. The second-order valence-electron chi connectivity index (χ2n) is 10.0. The number of amides is 1. The number of halogens is 5. The number of hydrogen-bond acceptors (Lipinski definition) is 7. The molecule has 41 heavy (non-hydrogen) atoms. The van der Waals surface area contributed by atoms with E-state index >= 15 is 8.78 Å². The molecule has 0 spiro atoms. The number of carbonyl (C=O) groups excluding carboxylic acids is 1. The topological polar surface area (TPSA) is 99.8 Å². The average Bonchev–Trinajstić information content (AvgIpc) is 2.92. The molecule has 1 fully saturated rings. The van der Waals surface area contributed by atoms with Crippen LogP contribution in [-0.4, -0.2) is 66.2 Å². The lowest BCUT2D eigenvalue weighted by Gasteiger charge is -2.44. The van der Waals surface area contributed by atoms with Gasteiger partial charge in [0.25, 0.3) is 11.8 Å². The lowest BCUT2D eigenvalue weighted by Crippen LogP contribution is -2.55. The van der Waals surface area contributed by atoms with Crippen molar-refractivity contribution in [2.45, 2.75) is 32.1 Å². The number of carbonyl (C=O) groups is 1. The summed E-state index contributed by atoms with van der Waals surface area (Å²) < 4.78 is 83.9. The van der Waals surface area contributed by atoms with E-state index in [4.69, 9.17) is 9.47 Å². The number of fused-ring (bicyclic) bond motifs is 1. The third-order valence-electron chi connectivity index (χ3n) is 7.30. The number of rotatable bonds is 4. The molecule has 1 saturated heterocycles. The van der Waals surface area contributed by atoms with Gasteiger partial charge in [-0.1, -0.05) is 0 Å². The quantitative estimate of drug-likeness (QED) is 0.445. The van der Waals surface area contributed by atoms with E-state index in [0.717, 1.165) is 6.07 Å². The minimum Gasteiger partial charge on any atom is -0.484 e. The summed E-state index contributed by atoms with van der Waals surface area (Å²) in [6.07, 6.45) is -3.27. The summed E-state index contributed by atoms with van der Waals surface area (Å²) in [7, 11) is 1.91. The fraction of sp³-hybridized carbons (Fsp3) is 0.370. The number of pyridine rings is 2. The van der Waals surface area contributed by atoms with Gasteiger partial charge in [0.1, 0.15) is 24.7 Å². The van der Waals surface area contributed by atoms with Crippen molar-refractivity contribution in [2.24, 2.45) is 0 Å². The number of H-pyrrole nitrogens is 1. The van der Waals surface area contributed by atoms with E-state index in [0.29, 0.717) is 19.3 Å². The molecule has 0 unspecified atom stereocenters. The fourth-order valence-electron chi connectivity index (χ4n) is 4.99. The van der Waals surface area contributed by atoms with Crippen molar-refractivity contribution in [1.29, 1.82) is 0 Å². The van der Waals surface area contributed by atoms with E-state index in [1.165, 1.54) is 12.3 Å². The monoisotopic (exact) mass is 579 g/mol. The minimum absolute atomic E-state index is 0.0357. The number of aromatic nitrogens is 2. The Morgan fingerprint density at radius 1 is 1.10 bits per heavy atom. The summed E-state index contributed by atoms with van der Waals surface area (Å²) >= 11 is 0. The van der Waals surface area contributed by atoms with Crippen molar-refractivity contribution in [3.8, 4) is 22.8 Å². The molecular formula is C27H26F5N5O4. The van der Waals surface area contributed by atoms with Crippen LogP contribution in [-0.2, 0) is 6.18 Å². The Labute approximate surface area is 230 Å². The highest BCUT2D eigenvalue weighted by atomic mass is 19.4. The normalized spacial score (nSPS) is 19.3. The lowest BCUT2D eigenvalue weighted by molar-refractivity contribution is -0.138. The molecule has 0 bridgehead atoms. The number of nitrogens with zero attached hydrogens (tertiary/aromatic N) is 3. The third kappa shape index (κ3) is 5.43. The summed E-state index contributed by atoms with van der Waals surface area (Å²) in [6.45, 7) is 4.92. The van der Waals surface area contributed by atoms with Crippen LogP contribution in [0, 0.1) is 11.6 Å². The van der Waals surface area contributed by atoms with Gasteiger partial charge in [0.15, 0.2) is 11.6 Å². The summed E-state index contributed by atoms with van der Waals surface area (Å²) in [6, 6.07) is 2.51. The second-order valence-corrected chi connectivity index (χ2v) is 10.0. The fourth-order valence-corrected chi connectivity index (χ4v) is 4.99. The summed E-state index contributed by atoms with van der Waals surface area (Å²) in [5.41, 5.74) is -4.68. The van der Waals surface area contributed by atoms with Gasteiger partial charge in [0.2, 0.25) is 5.56 Å². The molecule has 0 aliphatic carbocycles. The van der Waals surface area contributed by atoms with Gasteiger partial charge in [-0.3, -0.25) is 14.5 Å². The van der Waals surface area contributed by atoms with Gasteiger partial charge in [-0.25, -0.2) is 13.8 Å². The SMILES string of the molecule is C[C@@H]1CN(c2cc(F)c(-c3cnc4c(c3)OCCO4)c(F)c2NC(=O)c2c[nH]c(=O)cc2C(F)(F)F)C[C@H](C)N1C. The van der Waals surface area contributed by atoms with Gasteiger partial charge in [-0.05, 0) is 27.0 Å². The molecule has 1 aromatic carbocycles. The van der Waals surface area contributed by atoms with Gasteiger partial charge in [-0.2, -0.15) is 13.2 Å². The molecule has 2 aliphatic heterocycles. The van der Waals surface area contributed by atoms with Crippen LogP contribution in [0.1, 0.15) is 29.8 Å². The molecule has 9 nitrogen and oxygen atoms in total. The second kappa shape index (κ2) is 10.7. The van der Waals surface area contributed by atoms with E-state index < -0.39 is 51.7 Å². The van der Waals surface area contributed by atoms with Crippen molar-refractivity contribution in [3.63, 3.8) is 0 Å². The standard InChI is InChI=1S/C27H26F5N5O4/c1-13-11-37(12-14(2)36(13)3)19-8-18(28)22(15-6-20-26(34-9-15)41-5-4-40-20)23(29)24(19)35-25(39)16-10-33-21(38)7-17(16)27(30,31)32/h6-10,13-14H,4-5,11-12H2,1-3H3,(H,33,38)(H,35,39)/t13-,14+. The maximum absolute atomic E-state index is 16.3. The Kier molecular flexibility index (Phi) is 7.36. The zero-order chi connectivity index (χ0) is 29.6. The molecule has 2 aliphatic rings. The third-order valence-corrected chi connectivity index (χ3v) is 7.30. The van der Waals surface area contributed by atoms with Crippen LogP contribution >= 0.6 is 0 Å². The molecule has 14 heteroatoms. The molecule has 1 amide bonds. The van der Waals surface area contributed by atoms with Crippen LogP contribution in [0.2, 0.25) is 0 Å². The van der Waals surface area contributed by atoms with Crippen molar-refractivity contribution in [2.75, 3.05) is 43.6 Å². The van der Waals surface area contributed by atoms with Crippen molar-refractivity contribution in [1.82, 2.24) is 14.9 Å². The van der Waals surface area contributed by atoms with E-state index in [-0.39, 0.29) is 54.2 Å². The molecule has 2 N–H and O–H groups in total. The average molecular weight is 580 g/mol. The number of piperazine rings is 1.